The number of rotatable bonds is 3. The molecule has 1 aliphatic rings. The molecule has 0 radical (unpaired) electrons. The molecule has 0 saturated carbocycles. The summed E-state index contributed by atoms with van der Waals surface area (Å²) in [6.07, 6.45) is -4.35. The standard InChI is InChI=1S/C14H17F3N2O2.ClH/c1-9(19-13(20)12-8-21-7-6-18-12)10-2-4-11(5-3-10)14(15,16)17;/h2-5,9,12,18H,6-8H2,1H3,(H,19,20);1H/t9-,12-;/m1./s1. The smallest absolute Gasteiger partial charge is 0.378 e. The van der Waals surface area contributed by atoms with Gasteiger partial charge in [-0.05, 0) is 24.6 Å². The highest BCUT2D eigenvalue weighted by Crippen LogP contribution is 2.29. The van der Waals surface area contributed by atoms with Crippen LogP contribution in [0.2, 0.25) is 0 Å². The van der Waals surface area contributed by atoms with Crippen molar-refractivity contribution in [2.45, 2.75) is 25.2 Å². The lowest BCUT2D eigenvalue weighted by molar-refractivity contribution is -0.137. The van der Waals surface area contributed by atoms with Crippen LogP contribution >= 0.6 is 12.4 Å². The highest BCUT2D eigenvalue weighted by atomic mass is 35.5. The monoisotopic (exact) mass is 338 g/mol. The third-order valence-electron chi connectivity index (χ3n) is 3.33. The van der Waals surface area contributed by atoms with Crippen LogP contribution in [-0.2, 0) is 15.7 Å². The quantitative estimate of drug-likeness (QED) is 0.889. The number of amides is 1. The molecular weight excluding hydrogens is 321 g/mol. The van der Waals surface area contributed by atoms with E-state index in [4.69, 9.17) is 4.74 Å². The Morgan fingerprint density at radius 3 is 2.50 bits per heavy atom. The van der Waals surface area contributed by atoms with Crippen molar-refractivity contribution in [3.8, 4) is 0 Å². The number of hydrogen-bond donors (Lipinski definition) is 2. The molecule has 1 aliphatic heterocycles. The molecule has 124 valence electrons. The topological polar surface area (TPSA) is 50.4 Å². The highest BCUT2D eigenvalue weighted by Gasteiger charge is 2.30. The molecule has 4 nitrogen and oxygen atoms in total. The Morgan fingerprint density at radius 2 is 2.00 bits per heavy atom. The highest BCUT2D eigenvalue weighted by molar-refractivity contribution is 5.85. The maximum absolute atomic E-state index is 12.5. The summed E-state index contributed by atoms with van der Waals surface area (Å²) < 4.78 is 42.6. The Bertz CT molecular complexity index is 488. The van der Waals surface area contributed by atoms with Crippen molar-refractivity contribution >= 4 is 18.3 Å². The summed E-state index contributed by atoms with van der Waals surface area (Å²) in [5, 5.41) is 5.78. The Labute approximate surface area is 132 Å². The summed E-state index contributed by atoms with van der Waals surface area (Å²) in [5.74, 6) is -0.220. The number of carbonyl (C=O) groups excluding carboxylic acids is 1. The average molecular weight is 339 g/mol. The maximum atomic E-state index is 12.5. The Morgan fingerprint density at radius 1 is 1.36 bits per heavy atom. The molecule has 8 heteroatoms. The summed E-state index contributed by atoms with van der Waals surface area (Å²) in [4.78, 5) is 12.0. The zero-order valence-corrected chi connectivity index (χ0v) is 12.8. The van der Waals surface area contributed by atoms with Gasteiger partial charge in [0.15, 0.2) is 0 Å². The van der Waals surface area contributed by atoms with E-state index in [-0.39, 0.29) is 24.4 Å². The SMILES string of the molecule is C[C@@H](NC(=O)[C@H]1COCCN1)c1ccc(C(F)(F)F)cc1.Cl. The van der Waals surface area contributed by atoms with Crippen molar-refractivity contribution in [3.05, 3.63) is 35.4 Å². The number of morpholine rings is 1. The molecule has 1 heterocycles. The first-order valence-corrected chi connectivity index (χ1v) is 6.66. The minimum absolute atomic E-state index is 0. The first-order chi connectivity index (χ1) is 9.88. The summed E-state index contributed by atoms with van der Waals surface area (Å²) in [5.41, 5.74) is -0.0831. The summed E-state index contributed by atoms with van der Waals surface area (Å²) in [6, 6.07) is 3.98. The van der Waals surface area contributed by atoms with E-state index < -0.39 is 17.8 Å². The third-order valence-corrected chi connectivity index (χ3v) is 3.33. The Kier molecular flexibility index (Phi) is 6.65. The fourth-order valence-corrected chi connectivity index (χ4v) is 2.09. The maximum Gasteiger partial charge on any atom is 0.416 e. The van der Waals surface area contributed by atoms with Crippen LogP contribution in [0.25, 0.3) is 0 Å². The van der Waals surface area contributed by atoms with Crippen molar-refractivity contribution in [2.75, 3.05) is 19.8 Å². The summed E-state index contributed by atoms with van der Waals surface area (Å²) in [7, 11) is 0. The second kappa shape index (κ2) is 7.80. The van der Waals surface area contributed by atoms with Gasteiger partial charge in [-0.15, -0.1) is 12.4 Å². The molecule has 0 unspecified atom stereocenters. The molecule has 1 amide bonds. The second-order valence-corrected chi connectivity index (χ2v) is 4.93. The van der Waals surface area contributed by atoms with Gasteiger partial charge < -0.3 is 15.4 Å². The third kappa shape index (κ3) is 4.86. The molecule has 0 aromatic heterocycles. The van der Waals surface area contributed by atoms with Gasteiger partial charge in [0.05, 0.1) is 24.8 Å². The first kappa shape index (κ1) is 18.7. The van der Waals surface area contributed by atoms with Gasteiger partial charge >= 0.3 is 6.18 Å². The molecule has 2 rings (SSSR count). The van der Waals surface area contributed by atoms with Crippen molar-refractivity contribution < 1.29 is 22.7 Å². The van der Waals surface area contributed by atoms with E-state index in [9.17, 15) is 18.0 Å². The Hall–Kier alpha value is -1.31. The van der Waals surface area contributed by atoms with Gasteiger partial charge in [0.1, 0.15) is 6.04 Å². The zero-order chi connectivity index (χ0) is 15.5. The predicted octanol–water partition coefficient (Wildman–Crippen LogP) is 2.29. The summed E-state index contributed by atoms with van der Waals surface area (Å²) in [6.45, 7) is 3.20. The molecule has 0 spiro atoms. The van der Waals surface area contributed by atoms with Crippen LogP contribution in [0.4, 0.5) is 13.2 Å². The molecule has 1 saturated heterocycles. The summed E-state index contributed by atoms with van der Waals surface area (Å²) >= 11 is 0. The molecule has 0 bridgehead atoms. The van der Waals surface area contributed by atoms with Gasteiger partial charge in [0, 0.05) is 6.54 Å². The molecule has 0 aliphatic carbocycles. The van der Waals surface area contributed by atoms with Crippen molar-refractivity contribution in [1.29, 1.82) is 0 Å². The molecule has 1 aromatic carbocycles. The number of ether oxygens (including phenoxy) is 1. The van der Waals surface area contributed by atoms with Crippen molar-refractivity contribution in [3.63, 3.8) is 0 Å². The fraction of sp³-hybridized carbons (Fsp3) is 0.500. The first-order valence-electron chi connectivity index (χ1n) is 6.66. The van der Waals surface area contributed by atoms with E-state index in [2.05, 4.69) is 10.6 Å². The van der Waals surface area contributed by atoms with Crippen LogP contribution < -0.4 is 10.6 Å². The van der Waals surface area contributed by atoms with Gasteiger partial charge in [-0.2, -0.15) is 13.2 Å². The van der Waals surface area contributed by atoms with E-state index in [1.165, 1.54) is 12.1 Å². The van der Waals surface area contributed by atoms with Gasteiger partial charge in [-0.3, -0.25) is 4.79 Å². The van der Waals surface area contributed by atoms with Crippen LogP contribution in [0.3, 0.4) is 0 Å². The minimum Gasteiger partial charge on any atom is -0.378 e. The normalized spacial score (nSPS) is 19.9. The fourth-order valence-electron chi connectivity index (χ4n) is 2.09. The van der Waals surface area contributed by atoms with Crippen molar-refractivity contribution in [1.82, 2.24) is 10.6 Å². The lowest BCUT2D eigenvalue weighted by Gasteiger charge is -2.25. The zero-order valence-electron chi connectivity index (χ0n) is 11.9. The lowest BCUT2D eigenvalue weighted by Crippen LogP contribution is -2.51. The average Bonchev–Trinajstić information content (AvgIpc) is 2.47. The Balaban J connectivity index is 0.00000242. The number of nitrogens with one attached hydrogen (secondary N) is 2. The number of alkyl halides is 3. The molecule has 2 atom stereocenters. The van der Waals surface area contributed by atoms with E-state index in [1.807, 2.05) is 0 Å². The van der Waals surface area contributed by atoms with E-state index >= 15 is 0 Å². The van der Waals surface area contributed by atoms with Gasteiger partial charge in [0.2, 0.25) is 5.91 Å². The molecule has 1 aromatic rings. The van der Waals surface area contributed by atoms with E-state index in [0.29, 0.717) is 25.3 Å². The van der Waals surface area contributed by atoms with Crippen LogP contribution in [0.15, 0.2) is 24.3 Å². The minimum atomic E-state index is -4.35. The number of hydrogen-bond acceptors (Lipinski definition) is 3. The van der Waals surface area contributed by atoms with Crippen LogP contribution in [0, 0.1) is 0 Å². The van der Waals surface area contributed by atoms with Gasteiger partial charge in [0.25, 0.3) is 0 Å². The molecule has 22 heavy (non-hydrogen) atoms. The van der Waals surface area contributed by atoms with Crippen LogP contribution in [0.5, 0.6) is 0 Å². The van der Waals surface area contributed by atoms with E-state index in [0.717, 1.165) is 12.1 Å². The van der Waals surface area contributed by atoms with Crippen LogP contribution in [-0.4, -0.2) is 31.7 Å². The van der Waals surface area contributed by atoms with Gasteiger partial charge in [-0.1, -0.05) is 12.1 Å². The molecule has 2 N–H and O–H groups in total. The number of halogens is 4. The molecular formula is C14H18ClF3N2O2. The van der Waals surface area contributed by atoms with Crippen molar-refractivity contribution in [2.24, 2.45) is 0 Å². The predicted molar refractivity (Wildman–Crippen MR) is 77.9 cm³/mol. The number of carbonyl (C=O) groups is 1. The largest absolute Gasteiger partial charge is 0.416 e. The van der Waals surface area contributed by atoms with Crippen LogP contribution in [0.1, 0.15) is 24.1 Å². The lowest BCUT2D eigenvalue weighted by atomic mass is 10.1. The van der Waals surface area contributed by atoms with E-state index in [1.54, 1.807) is 6.92 Å². The number of benzene rings is 1. The molecule has 1 fully saturated rings. The second-order valence-electron chi connectivity index (χ2n) is 4.93. The van der Waals surface area contributed by atoms with Gasteiger partial charge in [-0.25, -0.2) is 0 Å².